The van der Waals surface area contributed by atoms with Crippen molar-refractivity contribution in [3.05, 3.63) is 0 Å². The van der Waals surface area contributed by atoms with Crippen molar-refractivity contribution in [2.45, 2.75) is 13.0 Å². The topological polar surface area (TPSA) is 79.2 Å². The summed E-state index contributed by atoms with van der Waals surface area (Å²) in [6, 6.07) is -0.425. The van der Waals surface area contributed by atoms with Crippen LogP contribution < -0.4 is 5.32 Å². The number of thiol groups is 1. The molecule has 5 heteroatoms. The monoisotopic (exact) mass is 166 g/mol. The molecule has 0 aliphatic carbocycles. The lowest BCUT2D eigenvalue weighted by Gasteiger charge is -2.06. The molecule has 0 heterocycles. The van der Waals surface area contributed by atoms with Crippen LogP contribution in [-0.4, -0.2) is 24.0 Å². The quantitative estimate of drug-likeness (QED) is 0.309. The molecule has 0 saturated carbocycles. The third-order valence-electron chi connectivity index (χ3n) is 0.943. The summed E-state index contributed by atoms with van der Waals surface area (Å²) in [6.07, 6.45) is 0.502. The Morgan fingerprint density at radius 1 is 1.80 bits per heavy atom. The molecule has 1 amide bonds. The maximum atomic E-state index is 10.5. The summed E-state index contributed by atoms with van der Waals surface area (Å²) in [4.78, 5) is 20.3. The first-order valence-corrected chi connectivity index (χ1v) is 3.16. The van der Waals surface area contributed by atoms with Gasteiger partial charge in [0, 0.05) is 5.75 Å². The number of hydrogen-bond acceptors (Lipinski definition) is 3. The molecule has 0 saturated heterocycles. The minimum absolute atomic E-state index is 0. The molecule has 0 fully saturated rings. The van der Waals surface area contributed by atoms with Crippen LogP contribution >= 0.6 is 12.6 Å². The van der Waals surface area contributed by atoms with Gasteiger partial charge in [0.05, 0.1) is 6.04 Å². The highest BCUT2D eigenvalue weighted by atomic mass is 32.1. The molecule has 10 heavy (non-hydrogen) atoms. The van der Waals surface area contributed by atoms with Gasteiger partial charge in [0.1, 0.15) is 0 Å². The van der Waals surface area contributed by atoms with Crippen LogP contribution in [0.25, 0.3) is 0 Å². The van der Waals surface area contributed by atoms with Crippen molar-refractivity contribution < 1.29 is 15.1 Å². The number of ketones is 1. The van der Waals surface area contributed by atoms with Gasteiger partial charge in [-0.1, -0.05) is 0 Å². The molecule has 0 aliphatic rings. The first-order chi connectivity index (χ1) is 4.22. The minimum Gasteiger partial charge on any atom is -0.457 e. The maximum Gasteiger partial charge on any atom is 0.207 e. The maximum absolute atomic E-state index is 10.5. The number of amides is 1. The van der Waals surface area contributed by atoms with Crippen molar-refractivity contribution >= 4 is 24.8 Å². The highest BCUT2D eigenvalue weighted by molar-refractivity contribution is 7.80. The SMILES string of the molecule is CC(=O)C(CS)NC=O.[OH3+]. The summed E-state index contributed by atoms with van der Waals surface area (Å²) >= 11 is 3.85. The van der Waals surface area contributed by atoms with E-state index in [1.165, 1.54) is 6.92 Å². The molecule has 0 bridgehead atoms. The van der Waals surface area contributed by atoms with Gasteiger partial charge in [-0.05, 0) is 6.92 Å². The van der Waals surface area contributed by atoms with Crippen LogP contribution in [0.15, 0.2) is 0 Å². The van der Waals surface area contributed by atoms with E-state index in [0.29, 0.717) is 12.2 Å². The summed E-state index contributed by atoms with van der Waals surface area (Å²) in [5.74, 6) is 0.283. The van der Waals surface area contributed by atoms with Gasteiger partial charge >= 0.3 is 0 Å². The van der Waals surface area contributed by atoms with Gasteiger partial charge < -0.3 is 10.8 Å². The Hall–Kier alpha value is -0.550. The molecule has 1 unspecified atom stereocenters. The van der Waals surface area contributed by atoms with E-state index >= 15 is 0 Å². The number of nitrogens with one attached hydrogen (secondary N) is 1. The third kappa shape index (κ3) is 4.34. The van der Waals surface area contributed by atoms with Crippen LogP contribution in [0.3, 0.4) is 0 Å². The predicted octanol–water partition coefficient (Wildman–Crippen LogP) is -1.30. The molecule has 0 aromatic heterocycles. The van der Waals surface area contributed by atoms with Crippen molar-refractivity contribution in [1.29, 1.82) is 0 Å². The van der Waals surface area contributed by atoms with E-state index in [1.54, 1.807) is 0 Å². The van der Waals surface area contributed by atoms with Gasteiger partial charge in [-0.25, -0.2) is 0 Å². The molecule has 0 aromatic carbocycles. The standard InChI is InChI=1S/C5H9NO2S.H2O/c1-4(8)5(2-9)6-3-7;/h3,5,9H,2H2,1H3,(H,6,7);1H2/p+1. The van der Waals surface area contributed by atoms with Crippen LogP contribution in [0.4, 0.5) is 0 Å². The minimum atomic E-state index is -0.425. The Morgan fingerprint density at radius 3 is 2.40 bits per heavy atom. The lowest BCUT2D eigenvalue weighted by molar-refractivity contribution is -0.121. The zero-order valence-electron chi connectivity index (χ0n) is 5.70. The second-order valence-electron chi connectivity index (χ2n) is 1.63. The summed E-state index contributed by atoms with van der Waals surface area (Å²) in [7, 11) is 0. The number of hydrogen-bond donors (Lipinski definition) is 2. The number of rotatable bonds is 4. The van der Waals surface area contributed by atoms with Crippen molar-refractivity contribution in [2.24, 2.45) is 0 Å². The van der Waals surface area contributed by atoms with Gasteiger partial charge in [-0.15, -0.1) is 0 Å². The Balaban J connectivity index is 0. The lowest BCUT2D eigenvalue weighted by atomic mass is 10.2. The molecule has 1 atom stereocenters. The average Bonchev–Trinajstić information content (AvgIpc) is 1.82. The summed E-state index contributed by atoms with van der Waals surface area (Å²) in [5, 5.41) is 2.33. The molecule has 0 rings (SSSR count). The van der Waals surface area contributed by atoms with Gasteiger partial charge in [0.2, 0.25) is 6.41 Å². The Morgan fingerprint density at radius 2 is 2.30 bits per heavy atom. The first-order valence-electron chi connectivity index (χ1n) is 2.53. The Bertz CT molecular complexity index is 117. The van der Waals surface area contributed by atoms with Crippen LogP contribution in [-0.2, 0) is 15.1 Å². The molecule has 60 valence electrons. The van der Waals surface area contributed by atoms with E-state index in [0.717, 1.165) is 0 Å². The van der Waals surface area contributed by atoms with E-state index in [9.17, 15) is 9.59 Å². The van der Waals surface area contributed by atoms with E-state index in [2.05, 4.69) is 17.9 Å². The molecule has 0 aromatic rings. The van der Waals surface area contributed by atoms with Gasteiger partial charge in [0.25, 0.3) is 0 Å². The Labute approximate surface area is 64.7 Å². The predicted molar refractivity (Wildman–Crippen MR) is 42.4 cm³/mol. The van der Waals surface area contributed by atoms with Gasteiger partial charge in [-0.2, -0.15) is 12.6 Å². The smallest absolute Gasteiger partial charge is 0.207 e. The second-order valence-corrected chi connectivity index (χ2v) is 2.00. The zero-order chi connectivity index (χ0) is 7.28. The van der Waals surface area contributed by atoms with Crippen LogP contribution in [0.2, 0.25) is 0 Å². The van der Waals surface area contributed by atoms with Crippen molar-refractivity contribution in [3.63, 3.8) is 0 Å². The molecule has 0 radical (unpaired) electrons. The van der Waals surface area contributed by atoms with E-state index < -0.39 is 6.04 Å². The fourth-order valence-electron chi connectivity index (χ4n) is 0.381. The molecule has 4 N–H and O–H groups in total. The van der Waals surface area contributed by atoms with E-state index in [4.69, 9.17) is 0 Å². The lowest BCUT2D eigenvalue weighted by Crippen LogP contribution is -2.35. The molecule has 4 nitrogen and oxygen atoms in total. The van der Waals surface area contributed by atoms with Gasteiger partial charge in [-0.3, -0.25) is 9.59 Å². The van der Waals surface area contributed by atoms with E-state index in [1.807, 2.05) is 0 Å². The number of carbonyl (C=O) groups is 2. The third-order valence-corrected chi connectivity index (χ3v) is 1.31. The summed E-state index contributed by atoms with van der Waals surface area (Å²) in [5.41, 5.74) is 0. The second kappa shape index (κ2) is 6.57. The van der Waals surface area contributed by atoms with Crippen LogP contribution in [0.5, 0.6) is 0 Å². The van der Waals surface area contributed by atoms with Crippen molar-refractivity contribution in [1.82, 2.24) is 5.32 Å². The molecular formula is C5H12NO3S+. The van der Waals surface area contributed by atoms with Gasteiger partial charge in [0.15, 0.2) is 5.78 Å². The fourth-order valence-corrected chi connectivity index (χ4v) is 0.743. The largest absolute Gasteiger partial charge is 0.457 e. The average molecular weight is 166 g/mol. The Kier molecular flexibility index (Phi) is 7.99. The van der Waals surface area contributed by atoms with E-state index in [-0.39, 0.29) is 11.3 Å². The van der Waals surface area contributed by atoms with Crippen molar-refractivity contribution in [2.75, 3.05) is 5.75 Å². The first kappa shape index (κ1) is 12.2. The number of carbonyl (C=O) groups excluding carboxylic acids is 2. The fraction of sp³-hybridized carbons (Fsp3) is 0.600. The summed E-state index contributed by atoms with van der Waals surface area (Å²) < 4.78 is 0. The molecule has 0 aliphatic heterocycles. The highest BCUT2D eigenvalue weighted by Crippen LogP contribution is 1.86. The molecular weight excluding hydrogens is 154 g/mol. The zero-order valence-corrected chi connectivity index (χ0v) is 6.60. The highest BCUT2D eigenvalue weighted by Gasteiger charge is 2.08. The number of Topliss-reactive ketones (excluding diaryl/α,β-unsaturated/α-hetero) is 1. The van der Waals surface area contributed by atoms with Crippen LogP contribution in [0, 0.1) is 0 Å². The summed E-state index contributed by atoms with van der Waals surface area (Å²) in [6.45, 7) is 1.41. The molecule has 0 spiro atoms. The normalized spacial score (nSPS) is 11.0. The van der Waals surface area contributed by atoms with Crippen molar-refractivity contribution in [3.8, 4) is 0 Å². The van der Waals surface area contributed by atoms with Crippen LogP contribution in [0.1, 0.15) is 6.92 Å².